The summed E-state index contributed by atoms with van der Waals surface area (Å²) in [5.74, 6) is -0.904. The molecule has 0 radical (unpaired) electrons. The normalized spacial score (nSPS) is 19.1. The number of carboxylic acid groups (broad SMARTS) is 1. The zero-order valence-corrected chi connectivity index (χ0v) is 13.8. The quantitative estimate of drug-likeness (QED) is 0.918. The summed E-state index contributed by atoms with van der Waals surface area (Å²) >= 11 is 0. The van der Waals surface area contributed by atoms with Crippen LogP contribution in [0.25, 0.3) is 0 Å². The van der Waals surface area contributed by atoms with Crippen molar-refractivity contribution in [3.63, 3.8) is 0 Å². The number of carboxylic acids is 1. The molecule has 7 heteroatoms. The third-order valence-corrected chi connectivity index (χ3v) is 6.13. The van der Waals surface area contributed by atoms with E-state index in [4.69, 9.17) is 5.11 Å². The Bertz CT molecular complexity index is 819. The summed E-state index contributed by atoms with van der Waals surface area (Å²) in [5.41, 5.74) is 1.19. The Kier molecular flexibility index (Phi) is 4.64. The van der Waals surface area contributed by atoms with E-state index in [9.17, 15) is 13.2 Å². The highest BCUT2D eigenvalue weighted by Gasteiger charge is 2.31. The second-order valence-electron chi connectivity index (χ2n) is 5.82. The van der Waals surface area contributed by atoms with Crippen LogP contribution in [0.2, 0.25) is 0 Å². The van der Waals surface area contributed by atoms with Crippen LogP contribution >= 0.6 is 0 Å². The van der Waals surface area contributed by atoms with E-state index < -0.39 is 16.0 Å². The van der Waals surface area contributed by atoms with Crippen LogP contribution in [0.15, 0.2) is 53.7 Å². The molecule has 0 amide bonds. The molecule has 2 aromatic rings. The Labute approximate surface area is 140 Å². The number of piperidine rings is 1. The van der Waals surface area contributed by atoms with Crippen LogP contribution in [-0.4, -0.2) is 41.9 Å². The van der Waals surface area contributed by atoms with Gasteiger partial charge >= 0.3 is 5.97 Å². The highest BCUT2D eigenvalue weighted by Crippen LogP contribution is 2.30. The van der Waals surface area contributed by atoms with E-state index in [0.717, 1.165) is 18.4 Å². The molecule has 1 aliphatic rings. The molecule has 0 bridgehead atoms. The van der Waals surface area contributed by atoms with Crippen molar-refractivity contribution < 1.29 is 18.3 Å². The highest BCUT2D eigenvalue weighted by molar-refractivity contribution is 7.89. The lowest BCUT2D eigenvalue weighted by Gasteiger charge is -2.32. The fourth-order valence-electron chi connectivity index (χ4n) is 2.98. The minimum Gasteiger partial charge on any atom is -0.478 e. The number of sulfonamides is 1. The lowest BCUT2D eigenvalue weighted by molar-refractivity contribution is 0.0697. The van der Waals surface area contributed by atoms with Crippen molar-refractivity contribution in [1.29, 1.82) is 0 Å². The zero-order chi connectivity index (χ0) is 17.2. The van der Waals surface area contributed by atoms with Crippen molar-refractivity contribution in [3.05, 3.63) is 59.9 Å². The van der Waals surface area contributed by atoms with Gasteiger partial charge in [0.1, 0.15) is 4.90 Å². The monoisotopic (exact) mass is 346 g/mol. The summed E-state index contributed by atoms with van der Waals surface area (Å²) in [4.78, 5) is 15.0. The molecule has 1 N–H and O–H groups in total. The summed E-state index contributed by atoms with van der Waals surface area (Å²) in [6, 6.07) is 9.83. The fourth-order valence-corrected chi connectivity index (χ4v) is 4.47. The van der Waals surface area contributed by atoms with Crippen molar-refractivity contribution in [2.45, 2.75) is 23.7 Å². The van der Waals surface area contributed by atoms with Crippen molar-refractivity contribution in [1.82, 2.24) is 9.29 Å². The summed E-state index contributed by atoms with van der Waals surface area (Å²) < 4.78 is 26.9. The summed E-state index contributed by atoms with van der Waals surface area (Å²) in [7, 11) is -3.55. The molecular weight excluding hydrogens is 328 g/mol. The van der Waals surface area contributed by atoms with Gasteiger partial charge in [0.25, 0.3) is 0 Å². The van der Waals surface area contributed by atoms with E-state index in [1.807, 2.05) is 0 Å². The Morgan fingerprint density at radius 2 is 1.96 bits per heavy atom. The van der Waals surface area contributed by atoms with Crippen LogP contribution in [0.3, 0.4) is 0 Å². The predicted molar refractivity (Wildman–Crippen MR) is 88.4 cm³/mol. The first-order valence-corrected chi connectivity index (χ1v) is 9.16. The van der Waals surface area contributed by atoms with Gasteiger partial charge in [0, 0.05) is 25.5 Å². The standard InChI is InChI=1S/C17H18N2O4S/c20-17(21)14-7-5-13(6-8-14)15-3-2-10-19(12-15)24(22,23)16-4-1-9-18-11-16/h1,4-9,11,15H,2-3,10,12H2,(H,20,21). The van der Waals surface area contributed by atoms with Gasteiger partial charge in [-0.3, -0.25) is 4.98 Å². The molecule has 0 spiro atoms. The molecular formula is C17H18N2O4S. The van der Waals surface area contributed by atoms with Crippen LogP contribution < -0.4 is 0 Å². The molecule has 1 aromatic carbocycles. The molecule has 1 saturated heterocycles. The smallest absolute Gasteiger partial charge is 0.335 e. The maximum atomic E-state index is 12.7. The van der Waals surface area contributed by atoms with E-state index >= 15 is 0 Å². The van der Waals surface area contributed by atoms with Gasteiger partial charge in [-0.05, 0) is 48.6 Å². The fraction of sp³-hybridized carbons (Fsp3) is 0.294. The number of aromatic carboxylic acids is 1. The molecule has 1 fully saturated rings. The topological polar surface area (TPSA) is 87.6 Å². The van der Waals surface area contributed by atoms with Gasteiger partial charge in [0.15, 0.2) is 0 Å². The Balaban J connectivity index is 1.80. The van der Waals surface area contributed by atoms with E-state index in [-0.39, 0.29) is 16.4 Å². The van der Waals surface area contributed by atoms with Gasteiger partial charge in [-0.25, -0.2) is 13.2 Å². The molecule has 6 nitrogen and oxygen atoms in total. The summed E-state index contributed by atoms with van der Waals surface area (Å²) in [6.07, 6.45) is 4.55. The molecule has 0 aliphatic carbocycles. The Morgan fingerprint density at radius 1 is 1.21 bits per heavy atom. The Morgan fingerprint density at radius 3 is 2.58 bits per heavy atom. The molecule has 1 atom stereocenters. The number of pyridine rings is 1. The van der Waals surface area contributed by atoms with Crippen LogP contribution in [0.4, 0.5) is 0 Å². The van der Waals surface area contributed by atoms with Crippen LogP contribution in [0.5, 0.6) is 0 Å². The second-order valence-corrected chi connectivity index (χ2v) is 7.76. The highest BCUT2D eigenvalue weighted by atomic mass is 32.2. The largest absolute Gasteiger partial charge is 0.478 e. The predicted octanol–water partition coefficient (Wildman–Crippen LogP) is 2.35. The number of nitrogens with zero attached hydrogens (tertiary/aromatic N) is 2. The molecule has 1 unspecified atom stereocenters. The SMILES string of the molecule is O=C(O)c1ccc(C2CCCN(S(=O)(=O)c3cccnc3)C2)cc1. The zero-order valence-electron chi connectivity index (χ0n) is 13.0. The van der Waals surface area contributed by atoms with Crippen molar-refractivity contribution in [3.8, 4) is 0 Å². The molecule has 126 valence electrons. The van der Waals surface area contributed by atoms with Crippen LogP contribution in [-0.2, 0) is 10.0 Å². The summed E-state index contributed by atoms with van der Waals surface area (Å²) in [5, 5.41) is 8.97. The van der Waals surface area contributed by atoms with Crippen molar-refractivity contribution >= 4 is 16.0 Å². The van der Waals surface area contributed by atoms with Gasteiger partial charge < -0.3 is 5.11 Å². The maximum Gasteiger partial charge on any atom is 0.335 e. The number of carbonyl (C=O) groups is 1. The number of aromatic nitrogens is 1. The Hall–Kier alpha value is -2.25. The number of hydrogen-bond acceptors (Lipinski definition) is 4. The van der Waals surface area contributed by atoms with Gasteiger partial charge in [0.05, 0.1) is 5.56 Å². The first kappa shape index (κ1) is 16.6. The minimum atomic E-state index is -3.55. The second kappa shape index (κ2) is 6.70. The lowest BCUT2D eigenvalue weighted by Crippen LogP contribution is -2.39. The van der Waals surface area contributed by atoms with Gasteiger partial charge in [-0.15, -0.1) is 0 Å². The molecule has 0 saturated carbocycles. The molecule has 1 aliphatic heterocycles. The molecule has 24 heavy (non-hydrogen) atoms. The van der Waals surface area contributed by atoms with Crippen molar-refractivity contribution in [2.24, 2.45) is 0 Å². The van der Waals surface area contributed by atoms with E-state index in [0.29, 0.717) is 13.1 Å². The van der Waals surface area contributed by atoms with Crippen LogP contribution in [0.1, 0.15) is 34.7 Å². The first-order valence-electron chi connectivity index (χ1n) is 7.72. The van der Waals surface area contributed by atoms with Crippen LogP contribution in [0, 0.1) is 0 Å². The maximum absolute atomic E-state index is 12.7. The van der Waals surface area contributed by atoms with Gasteiger partial charge in [-0.2, -0.15) is 4.31 Å². The third kappa shape index (κ3) is 3.32. The van der Waals surface area contributed by atoms with E-state index in [1.165, 1.54) is 10.5 Å². The molecule has 3 rings (SSSR count). The minimum absolute atomic E-state index is 0.0630. The number of rotatable bonds is 4. The number of hydrogen-bond donors (Lipinski definition) is 1. The average molecular weight is 346 g/mol. The first-order chi connectivity index (χ1) is 11.5. The van der Waals surface area contributed by atoms with E-state index in [1.54, 1.807) is 42.6 Å². The molecule has 1 aromatic heterocycles. The van der Waals surface area contributed by atoms with E-state index in [2.05, 4.69) is 4.98 Å². The van der Waals surface area contributed by atoms with Gasteiger partial charge in [0.2, 0.25) is 10.0 Å². The number of benzene rings is 1. The lowest BCUT2D eigenvalue weighted by atomic mass is 9.91. The third-order valence-electron chi connectivity index (χ3n) is 4.29. The summed E-state index contributed by atoms with van der Waals surface area (Å²) in [6.45, 7) is 0.880. The van der Waals surface area contributed by atoms with Gasteiger partial charge in [-0.1, -0.05) is 12.1 Å². The van der Waals surface area contributed by atoms with Crippen molar-refractivity contribution in [2.75, 3.05) is 13.1 Å². The molecule has 2 heterocycles. The average Bonchev–Trinajstić information content (AvgIpc) is 2.62.